The number of phenolic OH excluding ortho intramolecular Hbond substituents is 1. The maximum atomic E-state index is 12.8. The minimum absolute atomic E-state index is 0.0959. The number of hydrogen-bond acceptors (Lipinski definition) is 5. The number of hydrogen-bond donors (Lipinski definition) is 3. The molecule has 0 aliphatic heterocycles. The summed E-state index contributed by atoms with van der Waals surface area (Å²) in [6.07, 6.45) is -0.242. The second-order valence-corrected chi connectivity index (χ2v) is 4.69. The first-order valence-corrected chi connectivity index (χ1v) is 6.29. The summed E-state index contributed by atoms with van der Waals surface area (Å²) in [6, 6.07) is 3.02. The zero-order chi connectivity index (χ0) is 14.7. The van der Waals surface area contributed by atoms with Crippen molar-refractivity contribution in [1.29, 1.82) is 0 Å². The van der Waals surface area contributed by atoms with Gasteiger partial charge >= 0.3 is 5.97 Å². The summed E-state index contributed by atoms with van der Waals surface area (Å²) >= 11 is 1.06. The molecule has 8 heteroatoms. The van der Waals surface area contributed by atoms with E-state index in [2.05, 4.69) is 10.3 Å². The molecule has 0 saturated heterocycles. The third-order valence-corrected chi connectivity index (χ3v) is 3.12. The van der Waals surface area contributed by atoms with Crippen molar-refractivity contribution in [3.63, 3.8) is 0 Å². The van der Waals surface area contributed by atoms with Crippen LogP contribution in [0.5, 0.6) is 5.75 Å². The number of phenols is 1. The summed E-state index contributed by atoms with van der Waals surface area (Å²) in [5.41, 5.74) is 0.225. The fourth-order valence-corrected chi connectivity index (χ4v) is 2.17. The Morgan fingerprint density at radius 3 is 2.80 bits per heavy atom. The van der Waals surface area contributed by atoms with Crippen molar-refractivity contribution < 1.29 is 24.2 Å². The largest absolute Gasteiger partial charge is 0.507 e. The molecule has 1 aromatic heterocycles. The Morgan fingerprint density at radius 2 is 2.15 bits per heavy atom. The first kappa shape index (κ1) is 13.9. The molecular weight excluding hydrogens is 287 g/mol. The number of nitrogens with zero attached hydrogens (tertiary/aromatic N) is 1. The third-order valence-electron chi connectivity index (χ3n) is 2.31. The van der Waals surface area contributed by atoms with Crippen molar-refractivity contribution in [3.8, 4) is 5.75 Å². The Balaban J connectivity index is 2.11. The molecule has 0 aliphatic carbocycles. The lowest BCUT2D eigenvalue weighted by atomic mass is 10.2. The Hall–Kier alpha value is -2.48. The van der Waals surface area contributed by atoms with Gasteiger partial charge in [0.05, 0.1) is 17.7 Å². The number of thiazole rings is 1. The second kappa shape index (κ2) is 5.66. The first-order valence-electron chi connectivity index (χ1n) is 5.42. The molecule has 1 aromatic carbocycles. The van der Waals surface area contributed by atoms with Crippen LogP contribution in [0.1, 0.15) is 16.1 Å². The van der Waals surface area contributed by atoms with E-state index in [4.69, 9.17) is 5.11 Å². The summed E-state index contributed by atoms with van der Waals surface area (Å²) < 4.78 is 12.8. The lowest BCUT2D eigenvalue weighted by Gasteiger charge is -2.04. The number of amides is 1. The third kappa shape index (κ3) is 3.29. The predicted molar refractivity (Wildman–Crippen MR) is 69.5 cm³/mol. The Bertz CT molecular complexity index is 671. The van der Waals surface area contributed by atoms with Gasteiger partial charge in [-0.15, -0.1) is 11.3 Å². The van der Waals surface area contributed by atoms with Crippen LogP contribution in [-0.2, 0) is 11.2 Å². The molecule has 2 aromatic rings. The number of carboxylic acid groups (broad SMARTS) is 1. The van der Waals surface area contributed by atoms with E-state index in [1.807, 2.05) is 0 Å². The normalized spacial score (nSPS) is 10.2. The van der Waals surface area contributed by atoms with Crippen LogP contribution in [-0.4, -0.2) is 27.1 Å². The molecule has 6 nitrogen and oxygen atoms in total. The van der Waals surface area contributed by atoms with E-state index < -0.39 is 23.4 Å². The number of aromatic nitrogens is 1. The van der Waals surface area contributed by atoms with Crippen LogP contribution in [0.2, 0.25) is 0 Å². The maximum absolute atomic E-state index is 12.8. The van der Waals surface area contributed by atoms with Gasteiger partial charge in [-0.2, -0.15) is 0 Å². The molecule has 2 rings (SSSR count). The zero-order valence-corrected chi connectivity index (χ0v) is 10.8. The van der Waals surface area contributed by atoms with Gasteiger partial charge in [0.2, 0.25) is 0 Å². The summed E-state index contributed by atoms with van der Waals surface area (Å²) in [5.74, 6) is -2.81. The SMILES string of the molecule is O=C(O)Cc1csc(NC(=O)c2ccc(F)cc2O)n1. The number of aromatic hydroxyl groups is 1. The highest BCUT2D eigenvalue weighted by Gasteiger charge is 2.14. The molecule has 0 saturated carbocycles. The Morgan fingerprint density at radius 1 is 1.40 bits per heavy atom. The number of carboxylic acids is 1. The van der Waals surface area contributed by atoms with E-state index in [1.54, 1.807) is 0 Å². The van der Waals surface area contributed by atoms with Crippen LogP contribution in [0.15, 0.2) is 23.6 Å². The molecule has 1 amide bonds. The molecule has 1 heterocycles. The minimum atomic E-state index is -1.02. The van der Waals surface area contributed by atoms with E-state index in [0.29, 0.717) is 5.69 Å². The molecular formula is C12H9FN2O4S. The monoisotopic (exact) mass is 296 g/mol. The zero-order valence-electron chi connectivity index (χ0n) is 9.96. The van der Waals surface area contributed by atoms with Crippen LogP contribution in [0.3, 0.4) is 0 Å². The van der Waals surface area contributed by atoms with Crippen LogP contribution in [0, 0.1) is 5.82 Å². The fourth-order valence-electron chi connectivity index (χ4n) is 1.46. The van der Waals surface area contributed by atoms with Crippen molar-refractivity contribution in [2.24, 2.45) is 0 Å². The Kier molecular flexibility index (Phi) is 3.94. The number of nitrogens with one attached hydrogen (secondary N) is 1. The van der Waals surface area contributed by atoms with E-state index in [9.17, 15) is 19.1 Å². The van der Waals surface area contributed by atoms with Gasteiger partial charge in [0.1, 0.15) is 11.6 Å². The number of rotatable bonds is 4. The topological polar surface area (TPSA) is 99.5 Å². The fraction of sp³-hybridized carbons (Fsp3) is 0.0833. The first-order chi connectivity index (χ1) is 9.45. The molecule has 0 radical (unpaired) electrons. The molecule has 0 unspecified atom stereocenters. The summed E-state index contributed by atoms with van der Waals surface area (Å²) in [7, 11) is 0. The molecule has 0 fully saturated rings. The smallest absolute Gasteiger partial charge is 0.309 e. The molecule has 0 spiro atoms. The van der Waals surface area contributed by atoms with Gasteiger partial charge in [-0.05, 0) is 12.1 Å². The minimum Gasteiger partial charge on any atom is -0.507 e. The van der Waals surface area contributed by atoms with Gasteiger partial charge in [0.15, 0.2) is 5.13 Å². The standard InChI is InChI=1S/C12H9FN2O4S/c13-6-1-2-8(9(16)3-6)11(19)15-12-14-7(5-20-12)4-10(17)18/h1-3,5,16H,4H2,(H,17,18)(H,14,15,19). The van der Waals surface area contributed by atoms with E-state index in [1.165, 1.54) is 5.38 Å². The van der Waals surface area contributed by atoms with Crippen molar-refractivity contribution in [2.45, 2.75) is 6.42 Å². The average Bonchev–Trinajstić information content (AvgIpc) is 2.75. The number of carbonyl (C=O) groups is 2. The van der Waals surface area contributed by atoms with Crippen LogP contribution in [0.4, 0.5) is 9.52 Å². The van der Waals surface area contributed by atoms with Crippen LogP contribution >= 0.6 is 11.3 Å². The predicted octanol–water partition coefficient (Wildman–Crippen LogP) is 1.87. The number of anilines is 1. The molecule has 0 atom stereocenters. The van der Waals surface area contributed by atoms with Crippen molar-refractivity contribution >= 4 is 28.3 Å². The van der Waals surface area contributed by atoms with Crippen molar-refractivity contribution in [1.82, 2.24) is 4.98 Å². The van der Waals surface area contributed by atoms with E-state index in [0.717, 1.165) is 29.5 Å². The van der Waals surface area contributed by atoms with Gasteiger partial charge in [0, 0.05) is 11.4 Å². The van der Waals surface area contributed by atoms with Gasteiger partial charge in [-0.3, -0.25) is 14.9 Å². The van der Waals surface area contributed by atoms with Crippen LogP contribution < -0.4 is 5.32 Å². The maximum Gasteiger partial charge on any atom is 0.309 e. The quantitative estimate of drug-likeness (QED) is 0.799. The highest BCUT2D eigenvalue weighted by molar-refractivity contribution is 7.14. The molecule has 104 valence electrons. The lowest BCUT2D eigenvalue weighted by molar-refractivity contribution is -0.136. The summed E-state index contributed by atoms with van der Waals surface area (Å²) in [5, 5.41) is 22.2. The van der Waals surface area contributed by atoms with Gasteiger partial charge in [-0.1, -0.05) is 0 Å². The van der Waals surface area contributed by atoms with Crippen LogP contribution in [0.25, 0.3) is 0 Å². The van der Waals surface area contributed by atoms with Gasteiger partial charge in [0.25, 0.3) is 5.91 Å². The summed E-state index contributed by atoms with van der Waals surface area (Å²) in [4.78, 5) is 26.3. The number of halogens is 1. The highest BCUT2D eigenvalue weighted by atomic mass is 32.1. The van der Waals surface area contributed by atoms with E-state index >= 15 is 0 Å². The molecule has 20 heavy (non-hydrogen) atoms. The molecule has 0 bridgehead atoms. The summed E-state index contributed by atoms with van der Waals surface area (Å²) in [6.45, 7) is 0. The number of benzene rings is 1. The average molecular weight is 296 g/mol. The van der Waals surface area contributed by atoms with E-state index in [-0.39, 0.29) is 17.1 Å². The molecule has 3 N–H and O–H groups in total. The van der Waals surface area contributed by atoms with Crippen molar-refractivity contribution in [3.05, 3.63) is 40.7 Å². The van der Waals surface area contributed by atoms with Gasteiger partial charge in [-0.25, -0.2) is 9.37 Å². The lowest BCUT2D eigenvalue weighted by Crippen LogP contribution is -2.12. The van der Waals surface area contributed by atoms with Gasteiger partial charge < -0.3 is 10.2 Å². The highest BCUT2D eigenvalue weighted by Crippen LogP contribution is 2.21. The number of aliphatic carboxylic acids is 1. The molecule has 0 aliphatic rings. The second-order valence-electron chi connectivity index (χ2n) is 3.83. The Labute approximate surface area is 116 Å². The van der Waals surface area contributed by atoms with Crippen molar-refractivity contribution in [2.75, 3.05) is 5.32 Å². The number of carbonyl (C=O) groups excluding carboxylic acids is 1.